The maximum absolute atomic E-state index is 17.1. The van der Waals surface area contributed by atoms with Gasteiger partial charge in [0.2, 0.25) is 11.9 Å². The van der Waals surface area contributed by atoms with E-state index < -0.39 is 5.82 Å². The predicted molar refractivity (Wildman–Crippen MR) is 170 cm³/mol. The number of halogens is 2. The average Bonchev–Trinajstić information content (AvgIpc) is 3.71. The molecule has 11 heteroatoms. The molecule has 0 radical (unpaired) electrons. The highest BCUT2D eigenvalue weighted by Gasteiger charge is 2.35. The molecule has 1 N–H and O–H groups in total. The third kappa shape index (κ3) is 4.62. The molecule has 224 valence electrons. The monoisotopic (exact) mass is 602 g/mol. The lowest BCUT2D eigenvalue weighted by atomic mass is 9.93. The average molecular weight is 603 g/mol. The number of carbonyl (C=O) groups excluding carboxylic acids is 1. The van der Waals surface area contributed by atoms with Gasteiger partial charge in [0.1, 0.15) is 11.3 Å². The van der Waals surface area contributed by atoms with Crippen LogP contribution >= 0.6 is 11.6 Å². The van der Waals surface area contributed by atoms with E-state index in [0.29, 0.717) is 59.3 Å². The van der Waals surface area contributed by atoms with Gasteiger partial charge >= 0.3 is 0 Å². The van der Waals surface area contributed by atoms with Gasteiger partial charge in [-0.05, 0) is 64.6 Å². The summed E-state index contributed by atoms with van der Waals surface area (Å²) in [5.41, 5.74) is 4.14. The van der Waals surface area contributed by atoms with E-state index in [0.717, 1.165) is 53.7 Å². The number of H-pyrrole nitrogens is 1. The molecular weight excluding hydrogens is 567 g/mol. The molecule has 2 saturated heterocycles. The van der Waals surface area contributed by atoms with E-state index in [1.54, 1.807) is 0 Å². The number of rotatable bonds is 6. The summed E-state index contributed by atoms with van der Waals surface area (Å²) in [6.45, 7) is 10.8. The van der Waals surface area contributed by atoms with Crippen LogP contribution in [0.4, 0.5) is 16.2 Å². The molecule has 1 unspecified atom stereocenters. The van der Waals surface area contributed by atoms with Crippen LogP contribution in [0.1, 0.15) is 36.9 Å². The zero-order valence-electron chi connectivity index (χ0n) is 25.0. The standard InChI is InChI=1S/C32H36ClFN8O/c1-6-24(43)42-12-11-40(14-18(42)3)31-21-13-22(33)26(25-17(2)7-10-23-27(25)29(38-37-23)19-8-9-19)28(34)30(21)35-32(36-31)41-15-20(16-41)39(4)5/h6-7,10,13,18-20H,1,8-9,11-12,14-16H2,2-5H3,(H,37,38). The molecule has 4 heterocycles. The minimum atomic E-state index is -0.454. The highest BCUT2D eigenvalue weighted by Crippen LogP contribution is 2.48. The molecule has 1 saturated carbocycles. The van der Waals surface area contributed by atoms with Crippen molar-refractivity contribution in [1.29, 1.82) is 0 Å². The predicted octanol–water partition coefficient (Wildman–Crippen LogP) is 5.12. The molecule has 2 aromatic carbocycles. The topological polar surface area (TPSA) is 84.5 Å². The van der Waals surface area contributed by atoms with E-state index in [1.165, 1.54) is 6.08 Å². The van der Waals surface area contributed by atoms with Crippen LogP contribution in [0.3, 0.4) is 0 Å². The summed E-state index contributed by atoms with van der Waals surface area (Å²) in [6.07, 6.45) is 3.51. The number of hydrogen-bond acceptors (Lipinski definition) is 7. The number of piperazine rings is 1. The van der Waals surface area contributed by atoms with E-state index in [1.807, 2.05) is 36.9 Å². The fourth-order valence-electron chi connectivity index (χ4n) is 6.54. The SMILES string of the molecule is C=CC(=O)N1CCN(c2nc(N3CC(N(C)C)C3)nc3c(F)c(-c4c(C)ccc5[nH]nc(C6CC6)c45)c(Cl)cc23)CC1C. The maximum atomic E-state index is 17.1. The van der Waals surface area contributed by atoms with Crippen molar-refractivity contribution >= 4 is 51.1 Å². The zero-order valence-corrected chi connectivity index (χ0v) is 25.7. The number of nitrogens with one attached hydrogen (secondary N) is 1. The van der Waals surface area contributed by atoms with Gasteiger partial charge in [0, 0.05) is 72.6 Å². The van der Waals surface area contributed by atoms with Gasteiger partial charge in [-0.1, -0.05) is 24.2 Å². The molecule has 4 aromatic rings. The number of benzene rings is 2. The highest BCUT2D eigenvalue weighted by atomic mass is 35.5. The summed E-state index contributed by atoms with van der Waals surface area (Å²) in [5, 5.41) is 9.59. The van der Waals surface area contributed by atoms with Crippen LogP contribution < -0.4 is 9.80 Å². The molecule has 1 atom stereocenters. The summed E-state index contributed by atoms with van der Waals surface area (Å²) in [6, 6.07) is 6.10. The molecule has 3 aliphatic rings. The Morgan fingerprint density at radius 1 is 1.14 bits per heavy atom. The van der Waals surface area contributed by atoms with Crippen LogP contribution in [0.25, 0.3) is 32.9 Å². The van der Waals surface area contributed by atoms with Gasteiger partial charge in [-0.3, -0.25) is 9.89 Å². The summed E-state index contributed by atoms with van der Waals surface area (Å²) in [7, 11) is 4.12. The Labute approximate surface area is 255 Å². The summed E-state index contributed by atoms with van der Waals surface area (Å²) >= 11 is 7.02. The Hall–Kier alpha value is -3.76. The molecule has 43 heavy (non-hydrogen) atoms. The van der Waals surface area contributed by atoms with Gasteiger partial charge in [0.05, 0.1) is 16.2 Å². The number of likely N-dealkylation sites (N-methyl/N-ethyl adjacent to an activating group) is 1. The molecule has 2 aromatic heterocycles. The number of fused-ring (bicyclic) bond motifs is 2. The maximum Gasteiger partial charge on any atom is 0.246 e. The number of anilines is 2. The largest absolute Gasteiger partial charge is 0.352 e. The number of nitrogens with zero attached hydrogens (tertiary/aromatic N) is 7. The minimum Gasteiger partial charge on any atom is -0.352 e. The van der Waals surface area contributed by atoms with Crippen molar-refractivity contribution in [1.82, 2.24) is 30.0 Å². The smallest absolute Gasteiger partial charge is 0.246 e. The van der Waals surface area contributed by atoms with E-state index in [4.69, 9.17) is 21.6 Å². The van der Waals surface area contributed by atoms with Crippen LogP contribution in [-0.2, 0) is 4.79 Å². The normalized spacial score (nSPS) is 19.5. The minimum absolute atomic E-state index is 0.0726. The first-order valence-corrected chi connectivity index (χ1v) is 15.3. The highest BCUT2D eigenvalue weighted by molar-refractivity contribution is 6.35. The quantitative estimate of drug-likeness (QED) is 0.307. The molecular formula is C32H36ClFN8O. The number of aromatic amines is 1. The molecule has 3 fully saturated rings. The number of aromatic nitrogens is 4. The fourth-order valence-corrected chi connectivity index (χ4v) is 6.82. The Kier molecular flexibility index (Phi) is 6.81. The lowest BCUT2D eigenvalue weighted by Gasteiger charge is -2.43. The first-order valence-electron chi connectivity index (χ1n) is 14.9. The first kappa shape index (κ1) is 28.0. The third-order valence-corrected chi connectivity index (χ3v) is 9.59. The molecule has 2 aliphatic heterocycles. The summed E-state index contributed by atoms with van der Waals surface area (Å²) < 4.78 is 17.1. The second-order valence-corrected chi connectivity index (χ2v) is 12.8. The number of aryl methyl sites for hydroxylation is 1. The van der Waals surface area contributed by atoms with Gasteiger partial charge in [0.15, 0.2) is 5.82 Å². The zero-order chi connectivity index (χ0) is 30.2. The van der Waals surface area contributed by atoms with Crippen molar-refractivity contribution < 1.29 is 9.18 Å². The molecule has 1 amide bonds. The Balaban J connectivity index is 1.40. The lowest BCUT2D eigenvalue weighted by Crippen LogP contribution is -2.58. The molecule has 7 rings (SSSR count). The second-order valence-electron chi connectivity index (χ2n) is 12.4. The molecule has 9 nitrogen and oxygen atoms in total. The summed E-state index contributed by atoms with van der Waals surface area (Å²) in [4.78, 5) is 30.5. The Bertz CT molecular complexity index is 1780. The van der Waals surface area contributed by atoms with Crippen molar-refractivity contribution in [2.75, 3.05) is 56.6 Å². The van der Waals surface area contributed by atoms with Crippen LogP contribution in [0.15, 0.2) is 30.9 Å². The third-order valence-electron chi connectivity index (χ3n) is 9.29. The first-order chi connectivity index (χ1) is 20.7. The van der Waals surface area contributed by atoms with Gasteiger partial charge < -0.3 is 19.6 Å². The van der Waals surface area contributed by atoms with Gasteiger partial charge in [-0.15, -0.1) is 0 Å². The fraction of sp³-hybridized carbons (Fsp3) is 0.438. The van der Waals surface area contributed by atoms with Gasteiger partial charge in [-0.2, -0.15) is 10.1 Å². The van der Waals surface area contributed by atoms with Crippen molar-refractivity contribution in [2.24, 2.45) is 0 Å². The summed E-state index contributed by atoms with van der Waals surface area (Å²) in [5.74, 6) is 0.965. The van der Waals surface area contributed by atoms with Crippen molar-refractivity contribution in [3.63, 3.8) is 0 Å². The number of hydrogen-bond donors (Lipinski definition) is 1. The molecule has 0 bridgehead atoms. The van der Waals surface area contributed by atoms with E-state index in [-0.39, 0.29) is 17.5 Å². The van der Waals surface area contributed by atoms with Crippen molar-refractivity contribution in [2.45, 2.75) is 44.7 Å². The van der Waals surface area contributed by atoms with Gasteiger partial charge in [-0.25, -0.2) is 9.37 Å². The van der Waals surface area contributed by atoms with Crippen molar-refractivity contribution in [3.8, 4) is 11.1 Å². The molecule has 0 spiro atoms. The molecule has 1 aliphatic carbocycles. The van der Waals surface area contributed by atoms with Crippen LogP contribution in [0.5, 0.6) is 0 Å². The van der Waals surface area contributed by atoms with Crippen molar-refractivity contribution in [3.05, 3.63) is 53.0 Å². The second kappa shape index (κ2) is 10.4. The number of carbonyl (C=O) groups is 1. The Morgan fingerprint density at radius 3 is 2.58 bits per heavy atom. The van der Waals surface area contributed by atoms with Crippen LogP contribution in [0.2, 0.25) is 5.02 Å². The van der Waals surface area contributed by atoms with Gasteiger partial charge in [0.25, 0.3) is 0 Å². The van der Waals surface area contributed by atoms with Crippen LogP contribution in [0, 0.1) is 12.7 Å². The van der Waals surface area contributed by atoms with Crippen LogP contribution in [-0.4, -0.2) is 94.8 Å². The lowest BCUT2D eigenvalue weighted by molar-refractivity contribution is -0.128. The van der Waals surface area contributed by atoms with E-state index >= 15 is 4.39 Å². The Morgan fingerprint density at radius 2 is 1.91 bits per heavy atom. The van der Waals surface area contributed by atoms with E-state index in [9.17, 15) is 4.79 Å². The van der Waals surface area contributed by atoms with E-state index in [2.05, 4.69) is 45.6 Å². The number of amides is 1.